The zero-order valence-electron chi connectivity index (χ0n) is 38.4. The molecule has 0 rings (SSSR count). The predicted molar refractivity (Wildman–Crippen MR) is 238 cm³/mol. The zero-order valence-corrected chi connectivity index (χ0v) is 38.4. The van der Waals surface area contributed by atoms with Crippen LogP contribution in [0, 0.1) is 17.8 Å². The van der Waals surface area contributed by atoms with Gasteiger partial charge in [-0.2, -0.15) is 0 Å². The summed E-state index contributed by atoms with van der Waals surface area (Å²) in [4.78, 5) is 37.8. The summed E-state index contributed by atoms with van der Waals surface area (Å²) in [6, 6.07) is 0. The van der Waals surface area contributed by atoms with E-state index in [1.807, 2.05) is 0 Å². The molecule has 0 aliphatic rings. The van der Waals surface area contributed by atoms with Gasteiger partial charge in [0.15, 0.2) is 6.10 Å². The van der Waals surface area contributed by atoms with Crippen molar-refractivity contribution in [1.29, 1.82) is 0 Å². The third-order valence-corrected chi connectivity index (χ3v) is 11.5. The maximum Gasteiger partial charge on any atom is 0.306 e. The van der Waals surface area contributed by atoms with Crippen LogP contribution in [0.25, 0.3) is 0 Å². The van der Waals surface area contributed by atoms with E-state index in [1.54, 1.807) is 0 Å². The molecule has 6 heteroatoms. The van der Waals surface area contributed by atoms with E-state index in [-0.39, 0.29) is 31.1 Å². The molecule has 0 aromatic heterocycles. The first-order valence-electron chi connectivity index (χ1n) is 24.6. The van der Waals surface area contributed by atoms with Crippen molar-refractivity contribution < 1.29 is 28.6 Å². The van der Waals surface area contributed by atoms with E-state index in [2.05, 4.69) is 41.5 Å². The van der Waals surface area contributed by atoms with E-state index in [1.165, 1.54) is 148 Å². The molecule has 0 aromatic carbocycles. The van der Waals surface area contributed by atoms with Crippen molar-refractivity contribution in [3.05, 3.63) is 0 Å². The van der Waals surface area contributed by atoms with Gasteiger partial charge in [-0.3, -0.25) is 14.4 Å². The fourth-order valence-electron chi connectivity index (χ4n) is 7.38. The van der Waals surface area contributed by atoms with Gasteiger partial charge in [-0.25, -0.2) is 0 Å². The summed E-state index contributed by atoms with van der Waals surface area (Å²) in [7, 11) is 0. The quantitative estimate of drug-likeness (QED) is 0.0348. The lowest BCUT2D eigenvalue weighted by atomic mass is 10.00. The first-order chi connectivity index (χ1) is 27.1. The van der Waals surface area contributed by atoms with Crippen LogP contribution in [-0.4, -0.2) is 37.2 Å². The van der Waals surface area contributed by atoms with Crippen LogP contribution >= 0.6 is 0 Å². The van der Waals surface area contributed by atoms with Crippen LogP contribution in [-0.2, 0) is 28.6 Å². The molecule has 0 heterocycles. The lowest BCUT2D eigenvalue weighted by molar-refractivity contribution is -0.167. The Kier molecular flexibility index (Phi) is 40.4. The molecular formula is C50H96O6. The average Bonchev–Trinajstić information content (AvgIpc) is 3.16. The summed E-state index contributed by atoms with van der Waals surface area (Å²) >= 11 is 0. The zero-order chi connectivity index (χ0) is 41.3. The summed E-state index contributed by atoms with van der Waals surface area (Å²) < 4.78 is 16.7. The van der Waals surface area contributed by atoms with E-state index in [0.717, 1.165) is 75.5 Å². The van der Waals surface area contributed by atoms with Crippen LogP contribution in [0.2, 0.25) is 0 Å². The first-order valence-corrected chi connectivity index (χ1v) is 24.6. The third-order valence-electron chi connectivity index (χ3n) is 11.5. The van der Waals surface area contributed by atoms with E-state index < -0.39 is 6.10 Å². The molecule has 0 aliphatic carbocycles. The highest BCUT2D eigenvalue weighted by Gasteiger charge is 2.19. The van der Waals surface area contributed by atoms with Gasteiger partial charge in [0.05, 0.1) is 0 Å². The van der Waals surface area contributed by atoms with Gasteiger partial charge in [0, 0.05) is 19.3 Å². The SMILES string of the molecule is CCC(C)CCCCCCCCC(=O)O[C@@H](COC(=O)CCCCCCCCCCCCCCCCC(C)C)COC(=O)CCCCCCCCCCC(C)C. The topological polar surface area (TPSA) is 78.9 Å². The van der Waals surface area contributed by atoms with Gasteiger partial charge in [-0.1, -0.05) is 228 Å². The van der Waals surface area contributed by atoms with Gasteiger partial charge in [0.1, 0.15) is 13.2 Å². The van der Waals surface area contributed by atoms with Crippen LogP contribution in [0.1, 0.15) is 266 Å². The van der Waals surface area contributed by atoms with Crippen molar-refractivity contribution in [3.63, 3.8) is 0 Å². The summed E-state index contributed by atoms with van der Waals surface area (Å²) in [5.41, 5.74) is 0. The smallest absolute Gasteiger partial charge is 0.306 e. The van der Waals surface area contributed by atoms with Gasteiger partial charge in [-0.15, -0.1) is 0 Å². The number of carbonyl (C=O) groups excluding carboxylic acids is 3. The highest BCUT2D eigenvalue weighted by molar-refractivity contribution is 5.71. The Balaban J connectivity index is 4.27. The van der Waals surface area contributed by atoms with Crippen LogP contribution in [0.4, 0.5) is 0 Å². The first kappa shape index (κ1) is 54.4. The largest absolute Gasteiger partial charge is 0.462 e. The molecule has 0 amide bonds. The molecule has 1 unspecified atom stereocenters. The average molecular weight is 793 g/mol. The van der Waals surface area contributed by atoms with E-state index in [0.29, 0.717) is 19.3 Å². The Morgan fingerprint density at radius 3 is 0.929 bits per heavy atom. The number of rotatable bonds is 43. The van der Waals surface area contributed by atoms with Crippen molar-refractivity contribution in [3.8, 4) is 0 Å². The second-order valence-corrected chi connectivity index (χ2v) is 18.3. The summed E-state index contributed by atoms with van der Waals surface area (Å²) in [5, 5.41) is 0. The third kappa shape index (κ3) is 42.0. The van der Waals surface area contributed by atoms with Gasteiger partial charge >= 0.3 is 17.9 Å². The number of hydrogen-bond donors (Lipinski definition) is 0. The lowest BCUT2D eigenvalue weighted by Gasteiger charge is -2.18. The predicted octanol–water partition coefficient (Wildman–Crippen LogP) is 15.6. The summed E-state index contributed by atoms with van der Waals surface area (Å²) in [5.74, 6) is 1.59. The second-order valence-electron chi connectivity index (χ2n) is 18.3. The number of esters is 3. The maximum absolute atomic E-state index is 12.7. The molecule has 6 nitrogen and oxygen atoms in total. The summed E-state index contributed by atoms with van der Waals surface area (Å²) in [6.07, 6.45) is 39.5. The number of carbonyl (C=O) groups is 3. The highest BCUT2D eigenvalue weighted by atomic mass is 16.6. The molecule has 2 atom stereocenters. The maximum atomic E-state index is 12.7. The van der Waals surface area contributed by atoms with Crippen molar-refractivity contribution >= 4 is 17.9 Å². The normalized spacial score (nSPS) is 12.6. The fourth-order valence-corrected chi connectivity index (χ4v) is 7.38. The minimum atomic E-state index is -0.763. The van der Waals surface area contributed by atoms with Gasteiger partial charge in [0.25, 0.3) is 0 Å². The van der Waals surface area contributed by atoms with Gasteiger partial charge in [-0.05, 0) is 37.0 Å². The van der Waals surface area contributed by atoms with Crippen LogP contribution in [0.5, 0.6) is 0 Å². The molecule has 0 N–H and O–H groups in total. The van der Waals surface area contributed by atoms with Crippen molar-refractivity contribution in [2.75, 3.05) is 13.2 Å². The Bertz CT molecular complexity index is 870. The second kappa shape index (κ2) is 41.6. The van der Waals surface area contributed by atoms with Crippen molar-refractivity contribution in [1.82, 2.24) is 0 Å². The Morgan fingerprint density at radius 1 is 0.357 bits per heavy atom. The minimum absolute atomic E-state index is 0.0661. The van der Waals surface area contributed by atoms with Crippen LogP contribution in [0.3, 0.4) is 0 Å². The van der Waals surface area contributed by atoms with E-state index in [9.17, 15) is 14.4 Å². The standard InChI is InChI=1S/C50H96O6/c1-7-46(6)38-32-26-22-23-29-35-41-50(53)56-47(43-55-49(52)40-34-28-21-17-16-19-25-31-37-45(4)5)42-54-48(51)39-33-27-20-15-13-11-9-8-10-12-14-18-24-30-36-44(2)3/h44-47H,7-43H2,1-6H3/t46?,47-/m0/s1. The highest BCUT2D eigenvalue weighted by Crippen LogP contribution is 2.18. The molecule has 0 aromatic rings. The van der Waals surface area contributed by atoms with Crippen LogP contribution in [0.15, 0.2) is 0 Å². The fraction of sp³-hybridized carbons (Fsp3) is 0.940. The Hall–Kier alpha value is -1.59. The Labute approximate surface area is 348 Å². The molecule has 0 saturated carbocycles. The molecular weight excluding hydrogens is 697 g/mol. The molecule has 0 saturated heterocycles. The van der Waals surface area contributed by atoms with Crippen molar-refractivity contribution in [2.24, 2.45) is 17.8 Å². The number of hydrogen-bond acceptors (Lipinski definition) is 6. The molecule has 0 bridgehead atoms. The molecule has 56 heavy (non-hydrogen) atoms. The van der Waals surface area contributed by atoms with Crippen molar-refractivity contribution in [2.45, 2.75) is 272 Å². The molecule has 0 aliphatic heterocycles. The molecule has 0 spiro atoms. The number of unbranched alkanes of at least 4 members (excludes halogenated alkanes) is 25. The van der Waals surface area contributed by atoms with E-state index >= 15 is 0 Å². The monoisotopic (exact) mass is 793 g/mol. The summed E-state index contributed by atoms with van der Waals surface area (Å²) in [6.45, 7) is 13.7. The molecule has 0 radical (unpaired) electrons. The van der Waals surface area contributed by atoms with Gasteiger partial charge in [0.2, 0.25) is 0 Å². The lowest BCUT2D eigenvalue weighted by Crippen LogP contribution is -2.30. The number of ether oxygens (including phenoxy) is 3. The van der Waals surface area contributed by atoms with E-state index in [4.69, 9.17) is 14.2 Å². The van der Waals surface area contributed by atoms with Gasteiger partial charge < -0.3 is 14.2 Å². The Morgan fingerprint density at radius 2 is 0.625 bits per heavy atom. The minimum Gasteiger partial charge on any atom is -0.462 e. The molecule has 0 fully saturated rings. The van der Waals surface area contributed by atoms with Crippen LogP contribution < -0.4 is 0 Å². The molecule has 332 valence electrons.